The normalized spacial score (nSPS) is 11.8. The molecule has 4 rings (SSSR count). The summed E-state index contributed by atoms with van der Waals surface area (Å²) in [5.74, 6) is 2.14. The number of aromatic nitrogens is 4. The van der Waals surface area contributed by atoms with Crippen molar-refractivity contribution < 1.29 is 13.9 Å². The molecule has 0 fully saturated rings. The molecule has 9 heteroatoms. The van der Waals surface area contributed by atoms with Gasteiger partial charge in [-0.1, -0.05) is 23.9 Å². The van der Waals surface area contributed by atoms with Crippen molar-refractivity contribution >= 4 is 17.7 Å². The molecule has 3 aromatic heterocycles. The molecule has 1 amide bonds. The number of furan rings is 1. The quantitative estimate of drug-likeness (QED) is 0.389. The minimum atomic E-state index is -0.366. The average Bonchev–Trinajstić information content (AvgIpc) is 3.49. The molecule has 164 valence electrons. The van der Waals surface area contributed by atoms with Gasteiger partial charge in [0.2, 0.25) is 5.91 Å². The van der Waals surface area contributed by atoms with Gasteiger partial charge >= 0.3 is 0 Å². The number of methoxy groups -OCH3 is 1. The van der Waals surface area contributed by atoms with Gasteiger partial charge < -0.3 is 14.5 Å². The Morgan fingerprint density at radius 1 is 1.19 bits per heavy atom. The molecule has 1 aromatic carbocycles. The zero-order chi connectivity index (χ0) is 22.3. The van der Waals surface area contributed by atoms with Gasteiger partial charge in [0.05, 0.1) is 25.2 Å². The molecule has 1 N–H and O–H groups in total. The maximum atomic E-state index is 12.7. The van der Waals surface area contributed by atoms with Gasteiger partial charge in [-0.15, -0.1) is 10.2 Å². The fraction of sp³-hybridized carbons (Fsp3) is 0.217. The molecule has 0 aliphatic rings. The van der Waals surface area contributed by atoms with E-state index in [2.05, 4.69) is 20.5 Å². The minimum Gasteiger partial charge on any atom is -0.497 e. The number of nitrogens with one attached hydrogen (secondary N) is 1. The van der Waals surface area contributed by atoms with Crippen LogP contribution in [0, 0.1) is 0 Å². The molecule has 0 saturated heterocycles. The molecule has 1 atom stereocenters. The van der Waals surface area contributed by atoms with Crippen LogP contribution >= 0.6 is 11.8 Å². The van der Waals surface area contributed by atoms with Crippen molar-refractivity contribution in [3.63, 3.8) is 0 Å². The fourth-order valence-corrected chi connectivity index (χ4v) is 3.95. The van der Waals surface area contributed by atoms with Crippen LogP contribution < -0.4 is 10.1 Å². The Hall–Kier alpha value is -3.59. The number of benzene rings is 1. The number of pyridine rings is 1. The van der Waals surface area contributed by atoms with E-state index in [1.807, 2.05) is 60.0 Å². The van der Waals surface area contributed by atoms with Crippen LogP contribution in [-0.4, -0.2) is 38.0 Å². The van der Waals surface area contributed by atoms with Crippen molar-refractivity contribution in [1.29, 1.82) is 0 Å². The third-order valence-corrected chi connectivity index (χ3v) is 5.89. The first-order valence-corrected chi connectivity index (χ1v) is 11.0. The lowest BCUT2D eigenvalue weighted by Crippen LogP contribution is -2.30. The summed E-state index contributed by atoms with van der Waals surface area (Å²) < 4.78 is 12.6. The molecule has 32 heavy (non-hydrogen) atoms. The Bertz CT molecular complexity index is 1140. The molecule has 0 saturated carbocycles. The van der Waals surface area contributed by atoms with Crippen LogP contribution in [0.4, 0.5) is 0 Å². The third-order valence-electron chi connectivity index (χ3n) is 4.81. The second-order valence-corrected chi connectivity index (χ2v) is 8.35. The average molecular weight is 450 g/mol. The van der Waals surface area contributed by atoms with Gasteiger partial charge in [0.15, 0.2) is 11.0 Å². The molecule has 0 aliphatic heterocycles. The number of hydrogen-bond acceptors (Lipinski definition) is 7. The summed E-state index contributed by atoms with van der Waals surface area (Å²) in [5, 5.41) is 11.9. The molecular weight excluding hydrogens is 426 g/mol. The van der Waals surface area contributed by atoms with Crippen LogP contribution in [-0.2, 0) is 17.9 Å². The largest absolute Gasteiger partial charge is 0.497 e. The molecule has 1 unspecified atom stereocenters. The summed E-state index contributed by atoms with van der Waals surface area (Å²) in [6.07, 6.45) is 5.08. The monoisotopic (exact) mass is 449 g/mol. The summed E-state index contributed by atoms with van der Waals surface area (Å²) in [6, 6.07) is 15.1. The molecule has 0 spiro atoms. The molecule has 4 aromatic rings. The zero-order valence-electron chi connectivity index (χ0n) is 17.8. The SMILES string of the molecule is COc1ccc(CNC(=O)C(C)Sc2nnc(-c3cccnc3)n2Cc2ccco2)cc1. The summed E-state index contributed by atoms with van der Waals surface area (Å²) >= 11 is 1.35. The predicted octanol–water partition coefficient (Wildman–Crippen LogP) is 3.79. The van der Waals surface area contributed by atoms with E-state index in [1.54, 1.807) is 25.8 Å². The number of amides is 1. The first-order chi connectivity index (χ1) is 15.6. The Morgan fingerprint density at radius 2 is 2.03 bits per heavy atom. The highest BCUT2D eigenvalue weighted by Gasteiger charge is 2.21. The molecule has 3 heterocycles. The topological polar surface area (TPSA) is 95.1 Å². The lowest BCUT2D eigenvalue weighted by molar-refractivity contribution is -0.120. The van der Waals surface area contributed by atoms with Crippen molar-refractivity contribution in [3.8, 4) is 17.1 Å². The maximum absolute atomic E-state index is 12.7. The van der Waals surface area contributed by atoms with Crippen molar-refractivity contribution in [2.75, 3.05) is 7.11 Å². The number of nitrogens with zero attached hydrogens (tertiary/aromatic N) is 4. The Balaban J connectivity index is 1.47. The van der Waals surface area contributed by atoms with Gasteiger partial charge in [-0.25, -0.2) is 0 Å². The molecule has 0 aliphatic carbocycles. The van der Waals surface area contributed by atoms with Crippen LogP contribution in [0.3, 0.4) is 0 Å². The molecular formula is C23H23N5O3S. The van der Waals surface area contributed by atoms with Gasteiger partial charge in [-0.05, 0) is 48.9 Å². The predicted molar refractivity (Wildman–Crippen MR) is 121 cm³/mol. The zero-order valence-corrected chi connectivity index (χ0v) is 18.6. The summed E-state index contributed by atoms with van der Waals surface area (Å²) in [6.45, 7) is 2.74. The number of rotatable bonds is 9. The summed E-state index contributed by atoms with van der Waals surface area (Å²) in [5.41, 5.74) is 1.84. The highest BCUT2D eigenvalue weighted by Crippen LogP contribution is 2.27. The number of hydrogen-bond donors (Lipinski definition) is 1. The second-order valence-electron chi connectivity index (χ2n) is 7.04. The Kier molecular flexibility index (Phi) is 6.86. The Morgan fingerprint density at radius 3 is 2.72 bits per heavy atom. The van der Waals surface area contributed by atoms with E-state index in [1.165, 1.54) is 11.8 Å². The van der Waals surface area contributed by atoms with Crippen molar-refractivity contribution in [2.24, 2.45) is 0 Å². The van der Waals surface area contributed by atoms with E-state index in [4.69, 9.17) is 9.15 Å². The first kappa shape index (κ1) is 21.6. The lowest BCUT2D eigenvalue weighted by atomic mass is 10.2. The van der Waals surface area contributed by atoms with Crippen LogP contribution in [0.15, 0.2) is 76.8 Å². The highest BCUT2D eigenvalue weighted by molar-refractivity contribution is 8.00. The van der Waals surface area contributed by atoms with E-state index in [-0.39, 0.29) is 11.2 Å². The lowest BCUT2D eigenvalue weighted by Gasteiger charge is -2.13. The van der Waals surface area contributed by atoms with E-state index >= 15 is 0 Å². The molecule has 0 radical (unpaired) electrons. The van der Waals surface area contributed by atoms with Crippen LogP contribution in [0.5, 0.6) is 5.75 Å². The van der Waals surface area contributed by atoms with E-state index in [0.717, 1.165) is 22.6 Å². The Labute approximate surface area is 190 Å². The first-order valence-electron chi connectivity index (χ1n) is 10.1. The van der Waals surface area contributed by atoms with Crippen molar-refractivity contribution in [2.45, 2.75) is 30.4 Å². The van der Waals surface area contributed by atoms with Gasteiger partial charge in [0.1, 0.15) is 11.5 Å². The van der Waals surface area contributed by atoms with Gasteiger partial charge in [-0.3, -0.25) is 14.3 Å². The third kappa shape index (κ3) is 5.17. The summed E-state index contributed by atoms with van der Waals surface area (Å²) in [7, 11) is 1.63. The van der Waals surface area contributed by atoms with Crippen LogP contribution in [0.25, 0.3) is 11.4 Å². The van der Waals surface area contributed by atoms with Gasteiger partial charge in [-0.2, -0.15) is 0 Å². The van der Waals surface area contributed by atoms with Crippen LogP contribution in [0.2, 0.25) is 0 Å². The smallest absolute Gasteiger partial charge is 0.233 e. The van der Waals surface area contributed by atoms with Gasteiger partial charge in [0.25, 0.3) is 0 Å². The standard InChI is InChI=1S/C23H23N5O3S/c1-16(22(29)25-13-17-7-9-19(30-2)10-8-17)32-23-27-26-21(18-5-3-11-24-14-18)28(23)15-20-6-4-12-31-20/h3-12,14,16H,13,15H2,1-2H3,(H,25,29). The number of thioether (sulfide) groups is 1. The minimum absolute atomic E-state index is 0.0821. The number of carbonyl (C=O) groups excluding carboxylic acids is 1. The van der Waals surface area contributed by atoms with E-state index in [9.17, 15) is 4.79 Å². The summed E-state index contributed by atoms with van der Waals surface area (Å²) in [4.78, 5) is 16.9. The van der Waals surface area contributed by atoms with Crippen molar-refractivity contribution in [1.82, 2.24) is 25.1 Å². The fourth-order valence-electron chi connectivity index (χ4n) is 3.07. The van der Waals surface area contributed by atoms with Gasteiger partial charge in [0, 0.05) is 24.5 Å². The van der Waals surface area contributed by atoms with E-state index in [0.29, 0.717) is 24.1 Å². The second kappa shape index (κ2) is 10.1. The van der Waals surface area contributed by atoms with E-state index < -0.39 is 0 Å². The highest BCUT2D eigenvalue weighted by atomic mass is 32.2. The number of ether oxygens (including phenoxy) is 1. The molecule has 8 nitrogen and oxygen atoms in total. The van der Waals surface area contributed by atoms with Crippen molar-refractivity contribution in [3.05, 3.63) is 78.5 Å². The number of carbonyl (C=O) groups is 1. The maximum Gasteiger partial charge on any atom is 0.233 e. The van der Waals surface area contributed by atoms with Crippen LogP contribution in [0.1, 0.15) is 18.2 Å². The molecule has 0 bridgehead atoms.